The number of likely N-dealkylation sites (N-methyl/N-ethyl adjacent to an activating group) is 1. The second kappa shape index (κ2) is 8.58. The summed E-state index contributed by atoms with van der Waals surface area (Å²) < 4.78 is 2.01. The van der Waals surface area contributed by atoms with Crippen molar-refractivity contribution < 1.29 is 9.59 Å². The van der Waals surface area contributed by atoms with Gasteiger partial charge in [-0.15, -0.1) is 0 Å². The Bertz CT molecular complexity index is 1470. The number of benzene rings is 2. The maximum Gasteiger partial charge on any atom is 0.251 e. The van der Waals surface area contributed by atoms with Gasteiger partial charge in [-0.3, -0.25) is 24.4 Å². The second-order valence-corrected chi connectivity index (χ2v) is 7.73. The quantitative estimate of drug-likeness (QED) is 0.379. The van der Waals surface area contributed by atoms with E-state index in [1.54, 1.807) is 18.3 Å². The van der Waals surface area contributed by atoms with Crippen LogP contribution < -0.4 is 10.6 Å². The lowest BCUT2D eigenvalue weighted by Crippen LogP contribution is -2.35. The fourth-order valence-corrected chi connectivity index (χ4v) is 3.71. The zero-order valence-corrected chi connectivity index (χ0v) is 18.0. The lowest BCUT2D eigenvalue weighted by Gasteiger charge is -2.17. The van der Waals surface area contributed by atoms with E-state index in [1.165, 1.54) is 7.05 Å². The Balaban J connectivity index is 1.34. The molecule has 0 spiro atoms. The third-order valence-corrected chi connectivity index (χ3v) is 5.53. The first kappa shape index (κ1) is 20.4. The van der Waals surface area contributed by atoms with Gasteiger partial charge in [-0.25, -0.2) is 4.98 Å². The molecule has 3 aromatic heterocycles. The zero-order chi connectivity index (χ0) is 22.8. The van der Waals surface area contributed by atoms with Gasteiger partial charge in [0.1, 0.15) is 0 Å². The van der Waals surface area contributed by atoms with Crippen LogP contribution in [0.3, 0.4) is 0 Å². The number of pyridine rings is 2. The van der Waals surface area contributed by atoms with Crippen LogP contribution in [0.25, 0.3) is 33.3 Å². The van der Waals surface area contributed by atoms with Gasteiger partial charge >= 0.3 is 0 Å². The summed E-state index contributed by atoms with van der Waals surface area (Å²) in [5.41, 5.74) is 6.21. The van der Waals surface area contributed by atoms with Crippen molar-refractivity contribution in [3.05, 3.63) is 84.1 Å². The van der Waals surface area contributed by atoms with Gasteiger partial charge in [0.05, 0.1) is 29.8 Å². The number of nitrogens with one attached hydrogen (secondary N) is 3. The van der Waals surface area contributed by atoms with Crippen LogP contribution in [0.1, 0.15) is 15.9 Å². The summed E-state index contributed by atoms with van der Waals surface area (Å²) in [4.78, 5) is 32.7. The van der Waals surface area contributed by atoms with Crippen molar-refractivity contribution in [3.8, 4) is 11.3 Å². The molecule has 3 heterocycles. The minimum atomic E-state index is -0.295. The summed E-state index contributed by atoms with van der Waals surface area (Å²) in [5, 5.41) is 9.49. The first-order chi connectivity index (χ1) is 16.1. The highest BCUT2D eigenvalue weighted by molar-refractivity contribution is 5.96. The third kappa shape index (κ3) is 4.18. The van der Waals surface area contributed by atoms with E-state index < -0.39 is 0 Å². The zero-order valence-electron chi connectivity index (χ0n) is 18.0. The number of carbonyl (C=O) groups is 2. The summed E-state index contributed by atoms with van der Waals surface area (Å²) in [6.45, 7) is 0.624. The average Bonchev–Trinajstić information content (AvgIpc) is 2.85. The van der Waals surface area contributed by atoms with Gasteiger partial charge in [-0.05, 0) is 48.0 Å². The minimum absolute atomic E-state index is 0.0555. The Morgan fingerprint density at radius 3 is 2.70 bits per heavy atom. The monoisotopic (exact) mass is 438 g/mol. The number of aromatic nitrogens is 4. The molecule has 8 heteroatoms. The van der Waals surface area contributed by atoms with Crippen molar-refractivity contribution in [1.82, 2.24) is 30.4 Å². The number of hydrogen-bond acceptors (Lipinski definition) is 4. The maximum atomic E-state index is 12.2. The molecule has 0 aliphatic rings. The van der Waals surface area contributed by atoms with Crippen LogP contribution in [0.5, 0.6) is 0 Å². The Hall–Kier alpha value is -4.46. The number of carbonyl (C=O) groups excluding carboxylic acids is 2. The lowest BCUT2D eigenvalue weighted by atomic mass is 10.1. The van der Waals surface area contributed by atoms with Crippen LogP contribution in [0.15, 0.2) is 72.9 Å². The first-order valence-corrected chi connectivity index (χ1v) is 10.6. The van der Waals surface area contributed by atoms with E-state index in [2.05, 4.69) is 38.9 Å². The highest BCUT2D eigenvalue weighted by atomic mass is 16.2. The summed E-state index contributed by atoms with van der Waals surface area (Å²) in [6, 6.07) is 21.4. The fourth-order valence-electron chi connectivity index (χ4n) is 3.71. The van der Waals surface area contributed by atoms with Crippen molar-refractivity contribution in [2.24, 2.45) is 0 Å². The molecule has 0 saturated carbocycles. The van der Waals surface area contributed by atoms with E-state index in [9.17, 15) is 9.59 Å². The topological polar surface area (TPSA) is 105 Å². The summed E-state index contributed by atoms with van der Waals surface area (Å²) >= 11 is 0. The lowest BCUT2D eigenvalue weighted by molar-refractivity contribution is -0.119. The number of aromatic amines is 1. The Labute approximate surface area is 189 Å². The normalized spacial score (nSPS) is 11.1. The number of hydrogen-bond donors (Lipinski definition) is 3. The van der Waals surface area contributed by atoms with E-state index in [-0.39, 0.29) is 18.4 Å². The van der Waals surface area contributed by atoms with Gasteiger partial charge in [0.15, 0.2) is 5.65 Å². The molecule has 0 radical (unpaired) electrons. The van der Waals surface area contributed by atoms with Crippen LogP contribution in [0.4, 0.5) is 0 Å². The molecule has 0 unspecified atom stereocenters. The number of nitrogens with zero attached hydrogens (tertiary/aromatic N) is 3. The van der Waals surface area contributed by atoms with Crippen molar-refractivity contribution in [1.29, 1.82) is 0 Å². The number of rotatable bonds is 6. The van der Waals surface area contributed by atoms with Crippen LogP contribution in [0, 0.1) is 0 Å². The van der Waals surface area contributed by atoms with E-state index in [0.717, 1.165) is 38.9 Å². The van der Waals surface area contributed by atoms with Gasteiger partial charge in [0.25, 0.3) is 5.91 Å². The van der Waals surface area contributed by atoms with E-state index >= 15 is 0 Å². The highest BCUT2D eigenvalue weighted by Gasteiger charge is 2.12. The molecule has 164 valence electrons. The van der Waals surface area contributed by atoms with Gasteiger partial charge in [0, 0.05) is 29.8 Å². The molecule has 5 rings (SSSR count). The molecule has 0 bridgehead atoms. The van der Waals surface area contributed by atoms with Gasteiger partial charge in [-0.1, -0.05) is 24.3 Å². The Kier molecular flexibility index (Phi) is 5.32. The van der Waals surface area contributed by atoms with Crippen molar-refractivity contribution in [3.63, 3.8) is 0 Å². The maximum absolute atomic E-state index is 12.2. The number of amides is 2. The number of fused-ring (bicyclic) bond motifs is 2. The smallest absolute Gasteiger partial charge is 0.251 e. The van der Waals surface area contributed by atoms with Crippen LogP contribution in [0.2, 0.25) is 0 Å². The Morgan fingerprint density at radius 1 is 1.03 bits per heavy atom. The molecular formula is C25H22N6O2. The average molecular weight is 438 g/mol. The second-order valence-electron chi connectivity index (χ2n) is 7.73. The molecule has 2 amide bonds. The molecule has 0 fully saturated rings. The van der Waals surface area contributed by atoms with Crippen LogP contribution >= 0.6 is 0 Å². The molecule has 8 nitrogen and oxygen atoms in total. The predicted octanol–water partition coefficient (Wildman–Crippen LogP) is 3.10. The summed E-state index contributed by atoms with van der Waals surface area (Å²) in [5.74, 6) is -0.541. The van der Waals surface area contributed by atoms with Crippen molar-refractivity contribution in [2.75, 3.05) is 13.6 Å². The Morgan fingerprint density at radius 2 is 1.88 bits per heavy atom. The standard InChI is InChI=1S/C25H22N6O2/c1-26-23(32)14-28-25(33)18-7-5-17(6-8-18)21-10-11-22-24(29-21)31(30-22)15-16-4-9-20-19(13-16)3-2-12-27-20/h2-13,30H,14-15H2,1H3,(H,26,32)(H,28,33). The van der Waals surface area contributed by atoms with Gasteiger partial charge < -0.3 is 10.6 Å². The molecule has 0 atom stereocenters. The molecule has 2 aromatic carbocycles. The molecule has 0 aliphatic carbocycles. The minimum Gasteiger partial charge on any atom is -0.358 e. The molecule has 0 saturated heterocycles. The molecule has 5 aromatic rings. The van der Waals surface area contributed by atoms with Crippen LogP contribution in [-0.2, 0) is 11.3 Å². The molecular weight excluding hydrogens is 416 g/mol. The summed E-state index contributed by atoms with van der Waals surface area (Å²) in [6.07, 6.45) is 1.80. The SMILES string of the molecule is CNC(=O)CNC(=O)c1ccc(-c2ccc3[nH]n(Cc4ccc5ncccc5c4)c3n2)cc1. The van der Waals surface area contributed by atoms with E-state index in [1.807, 2.05) is 41.1 Å². The predicted molar refractivity (Wildman–Crippen MR) is 127 cm³/mol. The van der Waals surface area contributed by atoms with Gasteiger partial charge in [0.2, 0.25) is 5.91 Å². The van der Waals surface area contributed by atoms with Crippen LogP contribution in [-0.4, -0.2) is 45.2 Å². The molecule has 3 N–H and O–H groups in total. The first-order valence-electron chi connectivity index (χ1n) is 10.6. The van der Waals surface area contributed by atoms with Crippen molar-refractivity contribution >= 4 is 33.9 Å². The third-order valence-electron chi connectivity index (χ3n) is 5.53. The van der Waals surface area contributed by atoms with E-state index in [4.69, 9.17) is 4.98 Å². The number of H-pyrrole nitrogens is 1. The molecule has 33 heavy (non-hydrogen) atoms. The molecule has 0 aliphatic heterocycles. The fraction of sp³-hybridized carbons (Fsp3) is 0.120. The summed E-state index contributed by atoms with van der Waals surface area (Å²) in [7, 11) is 1.53. The van der Waals surface area contributed by atoms with Crippen molar-refractivity contribution in [2.45, 2.75) is 6.54 Å². The van der Waals surface area contributed by atoms with E-state index in [0.29, 0.717) is 12.1 Å². The highest BCUT2D eigenvalue weighted by Crippen LogP contribution is 2.23. The largest absolute Gasteiger partial charge is 0.358 e. The van der Waals surface area contributed by atoms with Gasteiger partial charge in [-0.2, -0.15) is 0 Å².